The number of carbonyl (C=O) groups is 2. The van der Waals surface area contributed by atoms with Crippen LogP contribution < -0.4 is 15.0 Å². The molecule has 29 heavy (non-hydrogen) atoms. The van der Waals surface area contributed by atoms with Gasteiger partial charge in [0.25, 0.3) is 11.7 Å². The highest BCUT2D eigenvalue weighted by atomic mass is 16.6. The van der Waals surface area contributed by atoms with E-state index in [1.807, 2.05) is 32.0 Å². The van der Waals surface area contributed by atoms with Gasteiger partial charge in [-0.3, -0.25) is 14.5 Å². The first kappa shape index (κ1) is 20.2. The lowest BCUT2D eigenvalue weighted by atomic mass is 10.1. The average Bonchev–Trinajstić information content (AvgIpc) is 2.69. The molecule has 1 aliphatic heterocycles. The zero-order valence-electron chi connectivity index (χ0n) is 16.6. The van der Waals surface area contributed by atoms with Crippen molar-refractivity contribution in [3.05, 3.63) is 51.6 Å². The number of carbonyl (C=O) groups excluding carboxylic acids is 2. The van der Waals surface area contributed by atoms with Crippen molar-refractivity contribution in [1.82, 2.24) is 4.98 Å². The highest BCUT2D eigenvalue weighted by molar-refractivity contribution is 6.07. The molecule has 2 heterocycles. The number of benzene rings is 1. The maximum atomic E-state index is 12.9. The Kier molecular flexibility index (Phi) is 5.49. The summed E-state index contributed by atoms with van der Waals surface area (Å²) in [5.41, 5.74) is 2.50. The third-order valence-corrected chi connectivity index (χ3v) is 4.81. The van der Waals surface area contributed by atoms with Gasteiger partial charge in [0.15, 0.2) is 11.9 Å². The number of anilines is 2. The number of ether oxygens (including phenoxy) is 1. The third kappa shape index (κ3) is 3.89. The zero-order valence-corrected chi connectivity index (χ0v) is 16.6. The predicted molar refractivity (Wildman–Crippen MR) is 107 cm³/mol. The van der Waals surface area contributed by atoms with Gasteiger partial charge in [0.1, 0.15) is 6.04 Å². The molecule has 2 unspecified atom stereocenters. The van der Waals surface area contributed by atoms with Crippen LogP contribution in [-0.4, -0.2) is 33.9 Å². The molecule has 0 saturated carbocycles. The number of hydrogen-bond acceptors (Lipinski definition) is 6. The summed E-state index contributed by atoms with van der Waals surface area (Å²) in [6.45, 7) is 7.12. The number of fused-ring (bicyclic) bond motifs is 1. The van der Waals surface area contributed by atoms with Gasteiger partial charge in [-0.2, -0.15) is 0 Å². The summed E-state index contributed by atoms with van der Waals surface area (Å²) in [7, 11) is 0. The first-order valence-electron chi connectivity index (χ1n) is 9.26. The fourth-order valence-corrected chi connectivity index (χ4v) is 3.11. The minimum Gasteiger partial charge on any atom is -0.474 e. The van der Waals surface area contributed by atoms with Gasteiger partial charge >= 0.3 is 5.82 Å². The molecule has 0 spiro atoms. The average molecular weight is 398 g/mol. The molecule has 2 atom stereocenters. The third-order valence-electron chi connectivity index (χ3n) is 4.81. The largest absolute Gasteiger partial charge is 0.474 e. The Bertz CT molecular complexity index is 991. The predicted octanol–water partition coefficient (Wildman–Crippen LogP) is 3.14. The fraction of sp³-hybridized carbons (Fsp3) is 0.350. The number of aryl methyl sites for hydroxylation is 2. The van der Waals surface area contributed by atoms with Gasteiger partial charge in [-0.1, -0.05) is 19.1 Å². The van der Waals surface area contributed by atoms with E-state index >= 15 is 0 Å². The molecule has 1 aliphatic rings. The molecular formula is C20H22N4O5. The van der Waals surface area contributed by atoms with E-state index in [0.717, 1.165) is 11.1 Å². The summed E-state index contributed by atoms with van der Waals surface area (Å²) in [6, 6.07) is 7.33. The second kappa shape index (κ2) is 7.86. The Morgan fingerprint density at radius 3 is 2.72 bits per heavy atom. The number of aromatic nitrogens is 1. The molecule has 0 bridgehead atoms. The van der Waals surface area contributed by atoms with Crippen LogP contribution in [0, 0.1) is 24.0 Å². The highest BCUT2D eigenvalue weighted by Gasteiger charge is 2.42. The number of nitrogens with one attached hydrogen (secondary N) is 1. The van der Waals surface area contributed by atoms with E-state index in [1.165, 1.54) is 17.0 Å². The molecule has 0 aliphatic carbocycles. The molecule has 0 fully saturated rings. The van der Waals surface area contributed by atoms with Crippen LogP contribution in [0.15, 0.2) is 30.3 Å². The van der Waals surface area contributed by atoms with Gasteiger partial charge in [0, 0.05) is 11.8 Å². The van der Waals surface area contributed by atoms with Crippen LogP contribution in [0.5, 0.6) is 5.75 Å². The Hall–Kier alpha value is -3.49. The normalized spacial score (nSPS) is 16.6. The SMILES string of the molecule is CCC1Oc2ccc([N+](=O)[O-])nc2N(C(C)C(=O)Nc2cc(C)ccc2C)C1=O. The van der Waals surface area contributed by atoms with E-state index in [1.54, 1.807) is 13.8 Å². The van der Waals surface area contributed by atoms with Crippen molar-refractivity contribution in [3.8, 4) is 5.75 Å². The van der Waals surface area contributed by atoms with Gasteiger partial charge < -0.3 is 20.2 Å². The van der Waals surface area contributed by atoms with Crippen LogP contribution >= 0.6 is 0 Å². The zero-order chi connectivity index (χ0) is 21.3. The van der Waals surface area contributed by atoms with Crippen LogP contribution in [-0.2, 0) is 9.59 Å². The molecule has 1 N–H and O–H groups in total. The van der Waals surface area contributed by atoms with E-state index < -0.39 is 34.7 Å². The molecule has 2 amide bonds. The smallest absolute Gasteiger partial charge is 0.366 e. The Morgan fingerprint density at radius 2 is 2.07 bits per heavy atom. The van der Waals surface area contributed by atoms with Crippen molar-refractivity contribution in [2.24, 2.45) is 0 Å². The molecule has 2 aromatic rings. The van der Waals surface area contributed by atoms with Crippen molar-refractivity contribution in [2.45, 2.75) is 46.3 Å². The van der Waals surface area contributed by atoms with E-state index in [2.05, 4.69) is 10.3 Å². The summed E-state index contributed by atoms with van der Waals surface area (Å²) in [6.07, 6.45) is -0.404. The Morgan fingerprint density at radius 1 is 1.34 bits per heavy atom. The summed E-state index contributed by atoms with van der Waals surface area (Å²) in [5.74, 6) is -1.12. The monoisotopic (exact) mass is 398 g/mol. The lowest BCUT2D eigenvalue weighted by molar-refractivity contribution is -0.389. The molecule has 1 aromatic heterocycles. The van der Waals surface area contributed by atoms with Crippen LogP contribution in [0.1, 0.15) is 31.4 Å². The lowest BCUT2D eigenvalue weighted by Crippen LogP contribution is -2.53. The van der Waals surface area contributed by atoms with E-state index in [0.29, 0.717) is 12.1 Å². The van der Waals surface area contributed by atoms with Gasteiger partial charge in [-0.25, -0.2) is 0 Å². The summed E-state index contributed by atoms with van der Waals surface area (Å²) < 4.78 is 5.63. The summed E-state index contributed by atoms with van der Waals surface area (Å²) >= 11 is 0. The molecule has 0 radical (unpaired) electrons. The van der Waals surface area contributed by atoms with E-state index in [4.69, 9.17) is 4.74 Å². The highest BCUT2D eigenvalue weighted by Crippen LogP contribution is 2.36. The minimum atomic E-state index is -0.950. The van der Waals surface area contributed by atoms with Gasteiger partial charge in [0.2, 0.25) is 5.91 Å². The summed E-state index contributed by atoms with van der Waals surface area (Å²) in [5, 5.41) is 14.0. The number of rotatable bonds is 5. The lowest BCUT2D eigenvalue weighted by Gasteiger charge is -2.33. The Labute approximate surface area is 167 Å². The second-order valence-corrected chi connectivity index (χ2v) is 6.95. The van der Waals surface area contributed by atoms with Crippen molar-refractivity contribution in [1.29, 1.82) is 0 Å². The second-order valence-electron chi connectivity index (χ2n) is 6.95. The first-order valence-corrected chi connectivity index (χ1v) is 9.26. The van der Waals surface area contributed by atoms with Crippen LogP contribution in [0.2, 0.25) is 0 Å². The topological polar surface area (TPSA) is 115 Å². The number of amides is 2. The maximum absolute atomic E-state index is 12.9. The number of nitrogens with zero attached hydrogens (tertiary/aromatic N) is 3. The number of hydrogen-bond donors (Lipinski definition) is 1. The van der Waals surface area contributed by atoms with Crippen LogP contribution in [0.25, 0.3) is 0 Å². The Balaban J connectivity index is 1.97. The first-order chi connectivity index (χ1) is 13.7. The van der Waals surface area contributed by atoms with Gasteiger partial charge in [-0.05, 0) is 60.4 Å². The maximum Gasteiger partial charge on any atom is 0.366 e. The van der Waals surface area contributed by atoms with Gasteiger partial charge in [0.05, 0.1) is 0 Å². The van der Waals surface area contributed by atoms with Crippen molar-refractivity contribution in [3.63, 3.8) is 0 Å². The van der Waals surface area contributed by atoms with Crippen molar-refractivity contribution >= 4 is 29.1 Å². The number of pyridine rings is 1. The number of nitro groups is 1. The molecule has 1 aromatic carbocycles. The molecular weight excluding hydrogens is 376 g/mol. The van der Waals surface area contributed by atoms with Crippen LogP contribution in [0.4, 0.5) is 17.3 Å². The molecule has 9 nitrogen and oxygen atoms in total. The standard InChI is InChI=1S/C20H22N4O5/c1-5-15-20(26)23(18-16(29-15)8-9-17(22-18)24(27)28)13(4)19(25)21-14-10-11(2)6-7-12(14)3/h6-10,13,15H,5H2,1-4H3,(H,21,25). The summed E-state index contributed by atoms with van der Waals surface area (Å²) in [4.78, 5) is 41.5. The molecule has 9 heteroatoms. The molecule has 152 valence electrons. The van der Waals surface area contributed by atoms with Crippen molar-refractivity contribution in [2.75, 3.05) is 10.2 Å². The van der Waals surface area contributed by atoms with E-state index in [-0.39, 0.29) is 11.6 Å². The van der Waals surface area contributed by atoms with Crippen molar-refractivity contribution < 1.29 is 19.2 Å². The fourth-order valence-electron chi connectivity index (χ4n) is 3.11. The quantitative estimate of drug-likeness (QED) is 0.611. The molecule has 0 saturated heterocycles. The van der Waals surface area contributed by atoms with E-state index in [9.17, 15) is 19.7 Å². The van der Waals surface area contributed by atoms with Crippen LogP contribution in [0.3, 0.4) is 0 Å². The minimum absolute atomic E-state index is 0.0301. The van der Waals surface area contributed by atoms with Gasteiger partial charge in [-0.15, -0.1) is 0 Å². The molecule has 3 rings (SSSR count).